The molecule has 1 aromatic heterocycles. The molecule has 4 nitrogen and oxygen atoms in total. The highest BCUT2D eigenvalue weighted by atomic mass is 16.3. The van der Waals surface area contributed by atoms with Crippen molar-refractivity contribution < 1.29 is 5.11 Å². The summed E-state index contributed by atoms with van der Waals surface area (Å²) in [5.41, 5.74) is 2.12. The van der Waals surface area contributed by atoms with E-state index in [0.29, 0.717) is 6.42 Å². The lowest BCUT2D eigenvalue weighted by Crippen LogP contribution is -2.21. The normalized spacial score (nSPS) is 13.2. The number of nitrogens with zero attached hydrogens (tertiary/aromatic N) is 2. The van der Waals surface area contributed by atoms with Gasteiger partial charge in [-0.3, -0.25) is 0 Å². The Morgan fingerprint density at radius 1 is 1.44 bits per heavy atom. The summed E-state index contributed by atoms with van der Waals surface area (Å²) in [5.74, 6) is 0.970. The van der Waals surface area contributed by atoms with Gasteiger partial charge in [0.15, 0.2) is 0 Å². The Hall–Kier alpha value is -1.39. The number of benzene rings is 1. The van der Waals surface area contributed by atoms with Crippen LogP contribution in [0.2, 0.25) is 0 Å². The summed E-state index contributed by atoms with van der Waals surface area (Å²) in [6, 6.07) is 8.15. The molecule has 1 aromatic carbocycles. The van der Waals surface area contributed by atoms with Gasteiger partial charge in [-0.25, -0.2) is 4.98 Å². The number of para-hydroxylation sites is 2. The molecule has 0 bridgehead atoms. The first kappa shape index (κ1) is 11.1. The van der Waals surface area contributed by atoms with Crippen LogP contribution in [0.4, 0.5) is 0 Å². The molecule has 0 aliphatic carbocycles. The van der Waals surface area contributed by atoms with Crippen molar-refractivity contribution in [3.05, 3.63) is 30.1 Å². The largest absolute Gasteiger partial charge is 0.396 e. The van der Waals surface area contributed by atoms with Crippen LogP contribution in [0.5, 0.6) is 0 Å². The number of rotatable bonds is 4. The van der Waals surface area contributed by atoms with Crippen molar-refractivity contribution in [1.82, 2.24) is 14.9 Å². The SMILES string of the molecule is CNC(CCO)c1nc2ccccc2n1C. The standard InChI is InChI=1S/C12H17N3O/c1-13-10(7-8-16)12-14-9-5-3-4-6-11(9)15(12)2/h3-6,10,13,16H,7-8H2,1-2H3. The van der Waals surface area contributed by atoms with E-state index in [2.05, 4.69) is 20.9 Å². The minimum atomic E-state index is 0.0994. The second-order valence-corrected chi connectivity index (χ2v) is 3.87. The minimum absolute atomic E-state index is 0.0994. The number of fused-ring (bicyclic) bond motifs is 1. The van der Waals surface area contributed by atoms with E-state index in [1.54, 1.807) is 0 Å². The second kappa shape index (κ2) is 4.63. The van der Waals surface area contributed by atoms with Gasteiger partial charge >= 0.3 is 0 Å². The van der Waals surface area contributed by atoms with Crippen LogP contribution in [0.25, 0.3) is 11.0 Å². The lowest BCUT2D eigenvalue weighted by molar-refractivity contribution is 0.265. The third-order valence-corrected chi connectivity index (χ3v) is 2.90. The molecule has 1 heterocycles. The van der Waals surface area contributed by atoms with Crippen LogP contribution >= 0.6 is 0 Å². The summed E-state index contributed by atoms with van der Waals surface area (Å²) in [5, 5.41) is 12.2. The third kappa shape index (κ3) is 1.81. The van der Waals surface area contributed by atoms with E-state index in [-0.39, 0.29) is 12.6 Å². The van der Waals surface area contributed by atoms with Gasteiger partial charge in [-0.1, -0.05) is 12.1 Å². The molecule has 0 saturated carbocycles. The first-order valence-electron chi connectivity index (χ1n) is 5.47. The number of aliphatic hydroxyl groups is 1. The summed E-state index contributed by atoms with van der Waals surface area (Å²) in [7, 11) is 3.89. The topological polar surface area (TPSA) is 50.1 Å². The number of aliphatic hydroxyl groups excluding tert-OH is 1. The zero-order chi connectivity index (χ0) is 11.5. The van der Waals surface area contributed by atoms with Gasteiger partial charge in [0.2, 0.25) is 0 Å². The Balaban J connectivity index is 2.47. The van der Waals surface area contributed by atoms with E-state index in [9.17, 15) is 0 Å². The number of hydrogen-bond donors (Lipinski definition) is 2. The molecule has 16 heavy (non-hydrogen) atoms. The first-order chi connectivity index (χ1) is 7.77. The number of aryl methyl sites for hydroxylation is 1. The van der Waals surface area contributed by atoms with Gasteiger partial charge in [0.25, 0.3) is 0 Å². The van der Waals surface area contributed by atoms with Gasteiger partial charge in [0.1, 0.15) is 5.82 Å². The van der Waals surface area contributed by atoms with Crippen LogP contribution in [-0.2, 0) is 7.05 Å². The maximum Gasteiger partial charge on any atom is 0.126 e. The van der Waals surface area contributed by atoms with Crippen LogP contribution in [-0.4, -0.2) is 28.3 Å². The highest BCUT2D eigenvalue weighted by molar-refractivity contribution is 5.75. The first-order valence-corrected chi connectivity index (χ1v) is 5.47. The zero-order valence-corrected chi connectivity index (χ0v) is 9.64. The summed E-state index contributed by atoms with van der Waals surface area (Å²) < 4.78 is 2.08. The Morgan fingerprint density at radius 2 is 2.19 bits per heavy atom. The van der Waals surface area contributed by atoms with E-state index in [1.165, 1.54) is 0 Å². The zero-order valence-electron chi connectivity index (χ0n) is 9.64. The average molecular weight is 219 g/mol. The molecule has 0 aliphatic heterocycles. The smallest absolute Gasteiger partial charge is 0.126 e. The van der Waals surface area contributed by atoms with Crippen molar-refractivity contribution in [3.8, 4) is 0 Å². The van der Waals surface area contributed by atoms with Gasteiger partial charge < -0.3 is 15.0 Å². The van der Waals surface area contributed by atoms with Gasteiger partial charge in [-0.15, -0.1) is 0 Å². The molecule has 0 fully saturated rings. The Bertz CT molecular complexity index is 478. The van der Waals surface area contributed by atoms with Crippen molar-refractivity contribution in [1.29, 1.82) is 0 Å². The van der Waals surface area contributed by atoms with Gasteiger partial charge in [-0.05, 0) is 25.6 Å². The van der Waals surface area contributed by atoms with E-state index >= 15 is 0 Å². The van der Waals surface area contributed by atoms with E-state index in [1.807, 2.05) is 32.3 Å². The van der Waals surface area contributed by atoms with E-state index in [4.69, 9.17) is 5.11 Å². The predicted molar refractivity (Wildman–Crippen MR) is 64.2 cm³/mol. The molecule has 1 unspecified atom stereocenters. The van der Waals surface area contributed by atoms with Crippen molar-refractivity contribution >= 4 is 11.0 Å². The van der Waals surface area contributed by atoms with Gasteiger partial charge in [0.05, 0.1) is 17.1 Å². The van der Waals surface area contributed by atoms with Gasteiger partial charge in [0, 0.05) is 13.7 Å². The average Bonchev–Trinajstić information content (AvgIpc) is 2.64. The van der Waals surface area contributed by atoms with E-state index < -0.39 is 0 Å². The molecular formula is C12H17N3O. The molecule has 0 amide bonds. The fourth-order valence-electron chi connectivity index (χ4n) is 2.01. The van der Waals surface area contributed by atoms with Crippen LogP contribution in [0.15, 0.2) is 24.3 Å². The Kier molecular flexibility index (Phi) is 3.22. The summed E-state index contributed by atoms with van der Waals surface area (Å²) in [4.78, 5) is 4.59. The molecule has 86 valence electrons. The molecule has 1 atom stereocenters. The predicted octanol–water partition coefficient (Wildman–Crippen LogP) is 1.22. The van der Waals surface area contributed by atoms with Crippen LogP contribution in [0.1, 0.15) is 18.3 Å². The van der Waals surface area contributed by atoms with E-state index in [0.717, 1.165) is 16.9 Å². The second-order valence-electron chi connectivity index (χ2n) is 3.87. The van der Waals surface area contributed by atoms with Crippen molar-refractivity contribution in [2.24, 2.45) is 7.05 Å². The maximum atomic E-state index is 9.02. The Labute approximate surface area is 94.9 Å². The van der Waals surface area contributed by atoms with Crippen LogP contribution < -0.4 is 5.32 Å². The summed E-state index contributed by atoms with van der Waals surface area (Å²) in [6.45, 7) is 0.161. The number of aromatic nitrogens is 2. The summed E-state index contributed by atoms with van der Waals surface area (Å²) >= 11 is 0. The fraction of sp³-hybridized carbons (Fsp3) is 0.417. The molecule has 0 aliphatic rings. The third-order valence-electron chi connectivity index (χ3n) is 2.90. The van der Waals surface area contributed by atoms with Gasteiger partial charge in [-0.2, -0.15) is 0 Å². The molecule has 4 heteroatoms. The fourth-order valence-corrected chi connectivity index (χ4v) is 2.01. The van der Waals surface area contributed by atoms with Crippen LogP contribution in [0.3, 0.4) is 0 Å². The molecule has 2 aromatic rings. The molecule has 0 radical (unpaired) electrons. The van der Waals surface area contributed by atoms with Crippen molar-refractivity contribution in [2.75, 3.05) is 13.7 Å². The highest BCUT2D eigenvalue weighted by Gasteiger charge is 2.15. The van der Waals surface area contributed by atoms with Crippen molar-refractivity contribution in [2.45, 2.75) is 12.5 Å². The molecule has 0 saturated heterocycles. The summed E-state index contributed by atoms with van der Waals surface area (Å²) in [6.07, 6.45) is 0.674. The molecule has 0 spiro atoms. The molecular weight excluding hydrogens is 202 g/mol. The number of nitrogens with one attached hydrogen (secondary N) is 1. The number of imidazole rings is 1. The van der Waals surface area contributed by atoms with Crippen molar-refractivity contribution in [3.63, 3.8) is 0 Å². The Morgan fingerprint density at radius 3 is 2.81 bits per heavy atom. The lowest BCUT2D eigenvalue weighted by Gasteiger charge is -2.14. The quantitative estimate of drug-likeness (QED) is 0.812. The minimum Gasteiger partial charge on any atom is -0.396 e. The lowest BCUT2D eigenvalue weighted by atomic mass is 10.2. The molecule has 2 rings (SSSR count). The maximum absolute atomic E-state index is 9.02. The highest BCUT2D eigenvalue weighted by Crippen LogP contribution is 2.20. The van der Waals surface area contributed by atoms with Crippen LogP contribution in [0, 0.1) is 0 Å². The number of hydrogen-bond acceptors (Lipinski definition) is 3. The molecule has 2 N–H and O–H groups in total. The monoisotopic (exact) mass is 219 g/mol.